The Hall–Kier alpha value is -2.60. The highest BCUT2D eigenvalue weighted by atomic mass is 16.5. The normalized spacial score (nSPS) is 11.6. The number of hydrogen-bond donors (Lipinski definition) is 1. The van der Waals surface area contributed by atoms with Gasteiger partial charge in [-0.2, -0.15) is 0 Å². The second-order valence-corrected chi connectivity index (χ2v) is 5.97. The van der Waals surface area contributed by atoms with Crippen molar-refractivity contribution in [3.63, 3.8) is 0 Å². The summed E-state index contributed by atoms with van der Waals surface area (Å²) in [5.74, 6) is 1.41. The van der Waals surface area contributed by atoms with E-state index in [-0.39, 0.29) is 5.54 Å². The van der Waals surface area contributed by atoms with Gasteiger partial charge in [0.05, 0.1) is 23.9 Å². The van der Waals surface area contributed by atoms with Gasteiger partial charge in [-0.1, -0.05) is 0 Å². The number of nitrogens with one attached hydrogen (secondary N) is 1. The highest BCUT2D eigenvalue weighted by Crippen LogP contribution is 2.26. The molecule has 3 heterocycles. The van der Waals surface area contributed by atoms with Crippen LogP contribution >= 0.6 is 0 Å². The fourth-order valence-corrected chi connectivity index (χ4v) is 2.42. The maximum Gasteiger partial charge on any atom is 0.162 e. The van der Waals surface area contributed by atoms with Crippen LogP contribution in [0.1, 0.15) is 13.8 Å². The SMILES string of the molecule is COCC(C)(C)Nc1nc(-c2ccncc2)nc2cnccc12. The van der Waals surface area contributed by atoms with Crippen molar-refractivity contribution in [2.75, 3.05) is 19.0 Å². The van der Waals surface area contributed by atoms with Crippen molar-refractivity contribution in [3.05, 3.63) is 43.0 Å². The third-order valence-corrected chi connectivity index (χ3v) is 3.40. The molecule has 0 spiro atoms. The van der Waals surface area contributed by atoms with Crippen molar-refractivity contribution < 1.29 is 4.74 Å². The zero-order valence-corrected chi connectivity index (χ0v) is 13.4. The lowest BCUT2D eigenvalue weighted by Gasteiger charge is -2.26. The molecule has 0 unspecified atom stereocenters. The molecule has 0 saturated carbocycles. The molecular formula is C17H19N5O. The molecule has 0 fully saturated rings. The first-order chi connectivity index (χ1) is 11.1. The number of methoxy groups -OCH3 is 1. The number of ether oxygens (including phenoxy) is 1. The van der Waals surface area contributed by atoms with Gasteiger partial charge in [0.25, 0.3) is 0 Å². The standard InChI is InChI=1S/C17H19N5O/c1-17(2,11-23-3)22-16-13-6-9-19-10-14(13)20-15(21-16)12-4-7-18-8-5-12/h4-10H,11H2,1-3H3,(H,20,21,22). The van der Waals surface area contributed by atoms with Crippen LogP contribution in [0.2, 0.25) is 0 Å². The van der Waals surface area contributed by atoms with E-state index in [1.165, 1.54) is 0 Å². The summed E-state index contributed by atoms with van der Waals surface area (Å²) in [7, 11) is 1.69. The molecule has 0 bridgehead atoms. The molecule has 6 nitrogen and oxygen atoms in total. The molecular weight excluding hydrogens is 290 g/mol. The zero-order valence-electron chi connectivity index (χ0n) is 13.4. The fraction of sp³-hybridized carbons (Fsp3) is 0.294. The first-order valence-electron chi connectivity index (χ1n) is 7.38. The largest absolute Gasteiger partial charge is 0.382 e. The Balaban J connectivity index is 2.11. The summed E-state index contributed by atoms with van der Waals surface area (Å²) < 4.78 is 5.28. The van der Waals surface area contributed by atoms with Gasteiger partial charge in [-0.25, -0.2) is 9.97 Å². The maximum absolute atomic E-state index is 5.28. The van der Waals surface area contributed by atoms with Gasteiger partial charge in [0.1, 0.15) is 5.82 Å². The predicted octanol–water partition coefficient (Wildman–Crippen LogP) is 2.92. The van der Waals surface area contributed by atoms with E-state index < -0.39 is 0 Å². The van der Waals surface area contributed by atoms with Gasteiger partial charge in [-0.05, 0) is 32.0 Å². The van der Waals surface area contributed by atoms with Crippen molar-refractivity contribution in [2.45, 2.75) is 19.4 Å². The Morgan fingerprint density at radius 3 is 2.52 bits per heavy atom. The van der Waals surface area contributed by atoms with E-state index in [9.17, 15) is 0 Å². The number of hydrogen-bond acceptors (Lipinski definition) is 6. The molecule has 0 atom stereocenters. The first kappa shape index (κ1) is 15.3. The molecule has 0 aliphatic rings. The Labute approximate surface area is 135 Å². The summed E-state index contributed by atoms with van der Waals surface area (Å²) in [6.07, 6.45) is 6.95. The monoisotopic (exact) mass is 309 g/mol. The van der Waals surface area contributed by atoms with E-state index in [4.69, 9.17) is 9.72 Å². The van der Waals surface area contributed by atoms with Gasteiger partial charge in [0, 0.05) is 36.7 Å². The van der Waals surface area contributed by atoms with Gasteiger partial charge in [0.15, 0.2) is 5.82 Å². The number of aromatic nitrogens is 4. The van der Waals surface area contributed by atoms with E-state index in [0.717, 1.165) is 22.3 Å². The highest BCUT2D eigenvalue weighted by Gasteiger charge is 2.20. The van der Waals surface area contributed by atoms with Crippen LogP contribution in [0.5, 0.6) is 0 Å². The third-order valence-electron chi connectivity index (χ3n) is 3.40. The summed E-state index contributed by atoms with van der Waals surface area (Å²) >= 11 is 0. The Kier molecular flexibility index (Phi) is 4.16. The summed E-state index contributed by atoms with van der Waals surface area (Å²) in [5.41, 5.74) is 1.46. The molecule has 0 aliphatic carbocycles. The number of fused-ring (bicyclic) bond motifs is 1. The maximum atomic E-state index is 5.28. The fourth-order valence-electron chi connectivity index (χ4n) is 2.42. The molecule has 0 saturated heterocycles. The lowest BCUT2D eigenvalue weighted by atomic mass is 10.1. The molecule has 0 aliphatic heterocycles. The Bertz CT molecular complexity index is 804. The molecule has 0 radical (unpaired) electrons. The summed E-state index contributed by atoms with van der Waals surface area (Å²) in [6, 6.07) is 5.69. The molecule has 3 aromatic heterocycles. The van der Waals surface area contributed by atoms with Crippen LogP contribution in [-0.4, -0.2) is 39.2 Å². The number of pyridine rings is 2. The second kappa shape index (κ2) is 6.26. The van der Waals surface area contributed by atoms with Crippen LogP contribution in [0.4, 0.5) is 5.82 Å². The summed E-state index contributed by atoms with van der Waals surface area (Å²) in [5, 5.41) is 4.39. The van der Waals surface area contributed by atoms with Crippen LogP contribution in [-0.2, 0) is 4.74 Å². The van der Waals surface area contributed by atoms with Crippen molar-refractivity contribution in [1.82, 2.24) is 19.9 Å². The minimum absolute atomic E-state index is 0.255. The van der Waals surface area contributed by atoms with E-state index >= 15 is 0 Å². The Morgan fingerprint density at radius 2 is 1.78 bits per heavy atom. The van der Waals surface area contributed by atoms with Crippen molar-refractivity contribution in [1.29, 1.82) is 0 Å². The molecule has 23 heavy (non-hydrogen) atoms. The molecule has 118 valence electrons. The van der Waals surface area contributed by atoms with E-state index in [0.29, 0.717) is 12.4 Å². The van der Waals surface area contributed by atoms with E-state index in [2.05, 4.69) is 34.1 Å². The molecule has 0 aromatic carbocycles. The van der Waals surface area contributed by atoms with Crippen LogP contribution in [0, 0.1) is 0 Å². The summed E-state index contributed by atoms with van der Waals surface area (Å²) in [6.45, 7) is 4.70. The van der Waals surface area contributed by atoms with E-state index in [1.807, 2.05) is 18.2 Å². The van der Waals surface area contributed by atoms with Crippen LogP contribution in [0.25, 0.3) is 22.3 Å². The number of nitrogens with zero attached hydrogens (tertiary/aromatic N) is 4. The second-order valence-electron chi connectivity index (χ2n) is 5.97. The zero-order chi connectivity index (χ0) is 16.3. The molecule has 0 amide bonds. The van der Waals surface area contributed by atoms with Gasteiger partial charge in [-0.3, -0.25) is 9.97 Å². The highest BCUT2D eigenvalue weighted by molar-refractivity contribution is 5.90. The van der Waals surface area contributed by atoms with Crippen LogP contribution in [0.3, 0.4) is 0 Å². The van der Waals surface area contributed by atoms with Crippen molar-refractivity contribution >= 4 is 16.7 Å². The topological polar surface area (TPSA) is 72.8 Å². The minimum Gasteiger partial charge on any atom is -0.382 e. The van der Waals surface area contributed by atoms with Crippen molar-refractivity contribution in [2.24, 2.45) is 0 Å². The smallest absolute Gasteiger partial charge is 0.162 e. The first-order valence-corrected chi connectivity index (χ1v) is 7.38. The molecule has 3 rings (SSSR count). The quantitative estimate of drug-likeness (QED) is 0.781. The van der Waals surface area contributed by atoms with Gasteiger partial charge in [0.2, 0.25) is 0 Å². The average Bonchev–Trinajstić information content (AvgIpc) is 2.55. The molecule has 3 aromatic rings. The minimum atomic E-state index is -0.255. The number of rotatable bonds is 5. The lowest BCUT2D eigenvalue weighted by molar-refractivity contribution is 0.158. The van der Waals surface area contributed by atoms with Crippen LogP contribution < -0.4 is 5.32 Å². The third kappa shape index (κ3) is 3.43. The van der Waals surface area contributed by atoms with E-state index in [1.54, 1.807) is 31.9 Å². The van der Waals surface area contributed by atoms with Crippen LogP contribution in [0.15, 0.2) is 43.0 Å². The lowest BCUT2D eigenvalue weighted by Crippen LogP contribution is -2.36. The average molecular weight is 309 g/mol. The van der Waals surface area contributed by atoms with Crippen molar-refractivity contribution in [3.8, 4) is 11.4 Å². The predicted molar refractivity (Wildman–Crippen MR) is 90.1 cm³/mol. The summed E-state index contributed by atoms with van der Waals surface area (Å²) in [4.78, 5) is 17.5. The molecule has 1 N–H and O–H groups in total. The Morgan fingerprint density at radius 1 is 1.04 bits per heavy atom. The number of anilines is 1. The molecule has 6 heteroatoms. The van der Waals surface area contributed by atoms with Gasteiger partial charge in [-0.15, -0.1) is 0 Å². The van der Waals surface area contributed by atoms with Gasteiger partial charge < -0.3 is 10.1 Å². The van der Waals surface area contributed by atoms with Gasteiger partial charge >= 0.3 is 0 Å².